The minimum absolute atomic E-state index is 0.269. The molecular formula is C24H29ClFN2O8P. The van der Waals surface area contributed by atoms with Gasteiger partial charge in [0.05, 0.1) is 19.1 Å². The molecule has 1 amide bonds. The summed E-state index contributed by atoms with van der Waals surface area (Å²) >= 11 is 6.14. The van der Waals surface area contributed by atoms with Crippen molar-refractivity contribution in [2.75, 3.05) is 13.2 Å². The number of amides is 1. The van der Waals surface area contributed by atoms with Crippen LogP contribution in [0.25, 0.3) is 0 Å². The van der Waals surface area contributed by atoms with Crippen LogP contribution >= 0.6 is 19.3 Å². The van der Waals surface area contributed by atoms with Crippen molar-refractivity contribution in [3.8, 4) is 0 Å². The molecule has 3 aliphatic heterocycles. The number of esters is 1. The topological polar surface area (TPSA) is 120 Å². The van der Waals surface area contributed by atoms with Crippen molar-refractivity contribution in [3.63, 3.8) is 0 Å². The Labute approximate surface area is 219 Å². The molecular weight excluding hydrogens is 530 g/mol. The molecule has 2 saturated heterocycles. The number of alkyl halides is 1. The first kappa shape index (κ1) is 27.9. The molecule has 0 saturated carbocycles. The maximum atomic E-state index is 16.0. The third-order valence-corrected chi connectivity index (χ3v) is 8.26. The Balaban J connectivity index is 1.54. The maximum Gasteiger partial charge on any atom is 0.406 e. The zero-order chi connectivity index (χ0) is 27.2. The highest BCUT2D eigenvalue weighted by Crippen LogP contribution is 2.57. The lowest BCUT2D eigenvalue weighted by atomic mass is 9.83. The SMILES string of the molecule is CC(=O)O[C@@H]1[C@@H](COP2(=O)NCC(C)(C)C(c3cccc(Cl)c3)O2)O[C@@H](N2C=CC(=O)CC2=O)[C@]1(C)F. The number of nitrogens with one attached hydrogen (secondary N) is 1. The number of halogens is 2. The van der Waals surface area contributed by atoms with Crippen LogP contribution in [-0.2, 0) is 37.5 Å². The molecule has 3 aliphatic rings. The second-order valence-corrected chi connectivity index (χ2v) is 12.3. The minimum atomic E-state index is -3.93. The Hall–Kier alpha value is -2.14. The van der Waals surface area contributed by atoms with Crippen molar-refractivity contribution in [2.45, 2.75) is 64.3 Å². The van der Waals surface area contributed by atoms with Gasteiger partial charge in [0.15, 0.2) is 23.8 Å². The van der Waals surface area contributed by atoms with Crippen LogP contribution in [-0.4, -0.2) is 59.8 Å². The summed E-state index contributed by atoms with van der Waals surface area (Å²) in [4.78, 5) is 36.7. The molecule has 2 unspecified atom stereocenters. The zero-order valence-electron chi connectivity index (χ0n) is 20.8. The van der Waals surface area contributed by atoms with Crippen molar-refractivity contribution in [1.82, 2.24) is 9.99 Å². The number of hydrogen-bond donors (Lipinski definition) is 1. The molecule has 202 valence electrons. The van der Waals surface area contributed by atoms with Crippen LogP contribution in [0.15, 0.2) is 36.5 Å². The molecule has 1 aromatic carbocycles. The summed E-state index contributed by atoms with van der Waals surface area (Å²) in [5.41, 5.74) is -2.15. The lowest BCUT2D eigenvalue weighted by molar-refractivity contribution is -0.155. The molecule has 1 N–H and O–H groups in total. The highest BCUT2D eigenvalue weighted by molar-refractivity contribution is 7.51. The Bertz CT molecular complexity index is 1180. The van der Waals surface area contributed by atoms with E-state index in [0.717, 1.165) is 31.0 Å². The number of ketones is 1. The summed E-state index contributed by atoms with van der Waals surface area (Å²) in [6.07, 6.45) is -3.05. The largest absolute Gasteiger partial charge is 0.456 e. The maximum absolute atomic E-state index is 16.0. The van der Waals surface area contributed by atoms with Gasteiger partial charge in [-0.05, 0) is 30.7 Å². The van der Waals surface area contributed by atoms with Gasteiger partial charge in [0.25, 0.3) is 0 Å². The first-order valence-electron chi connectivity index (χ1n) is 11.7. The van der Waals surface area contributed by atoms with Gasteiger partial charge in [0, 0.05) is 30.1 Å². The summed E-state index contributed by atoms with van der Waals surface area (Å²) in [7, 11) is -3.93. The van der Waals surface area contributed by atoms with Gasteiger partial charge in [-0.3, -0.25) is 28.3 Å². The van der Waals surface area contributed by atoms with Gasteiger partial charge in [-0.15, -0.1) is 0 Å². The van der Waals surface area contributed by atoms with Crippen molar-refractivity contribution in [1.29, 1.82) is 0 Å². The van der Waals surface area contributed by atoms with Crippen molar-refractivity contribution in [2.24, 2.45) is 5.41 Å². The molecule has 0 spiro atoms. The fraction of sp³-hybridized carbons (Fsp3) is 0.542. The van der Waals surface area contributed by atoms with E-state index in [9.17, 15) is 18.9 Å². The number of nitrogens with zero attached hydrogens (tertiary/aromatic N) is 1. The Morgan fingerprint density at radius 2 is 2.05 bits per heavy atom. The summed E-state index contributed by atoms with van der Waals surface area (Å²) in [6.45, 7) is 5.88. The number of rotatable bonds is 6. The minimum Gasteiger partial charge on any atom is -0.456 e. The fourth-order valence-electron chi connectivity index (χ4n) is 4.60. The molecule has 0 aromatic heterocycles. The molecule has 10 nitrogen and oxygen atoms in total. The van der Waals surface area contributed by atoms with E-state index in [0.29, 0.717) is 10.6 Å². The summed E-state index contributed by atoms with van der Waals surface area (Å²) < 4.78 is 52.1. The lowest BCUT2D eigenvalue weighted by Crippen LogP contribution is -2.52. The zero-order valence-corrected chi connectivity index (χ0v) is 22.5. The van der Waals surface area contributed by atoms with E-state index in [1.54, 1.807) is 24.3 Å². The molecule has 2 fully saturated rings. The number of hydrogen-bond acceptors (Lipinski definition) is 8. The summed E-state index contributed by atoms with van der Waals surface area (Å²) in [5, 5.41) is 3.29. The number of benzene rings is 1. The molecule has 0 aliphatic carbocycles. The number of allylic oxidation sites excluding steroid dienone is 1. The third kappa shape index (κ3) is 5.82. The average molecular weight is 559 g/mol. The van der Waals surface area contributed by atoms with Crippen LogP contribution in [0.1, 0.15) is 45.8 Å². The van der Waals surface area contributed by atoms with Gasteiger partial charge in [0.2, 0.25) is 5.91 Å². The average Bonchev–Trinajstić information content (AvgIpc) is 3.04. The molecule has 0 radical (unpaired) electrons. The normalized spacial score (nSPS) is 35.6. The predicted octanol–water partition coefficient (Wildman–Crippen LogP) is 3.85. The molecule has 6 atom stereocenters. The Morgan fingerprint density at radius 3 is 2.70 bits per heavy atom. The third-order valence-electron chi connectivity index (χ3n) is 6.50. The van der Waals surface area contributed by atoms with Crippen LogP contribution in [0.3, 0.4) is 0 Å². The van der Waals surface area contributed by atoms with Gasteiger partial charge in [-0.2, -0.15) is 0 Å². The molecule has 4 rings (SSSR count). The van der Waals surface area contributed by atoms with Gasteiger partial charge in [0.1, 0.15) is 6.10 Å². The molecule has 13 heteroatoms. The van der Waals surface area contributed by atoms with E-state index in [1.165, 1.54) is 0 Å². The van der Waals surface area contributed by atoms with Crippen LogP contribution in [0.2, 0.25) is 5.02 Å². The standard InChI is InChI=1S/C24H29ClFN2O8P/c1-14(29)34-21-18(35-22(24(21,4)26)28-9-8-17(30)11-19(28)31)12-33-37(32)27-13-23(2,3)20(36-37)15-6-5-7-16(25)10-15/h5-10,18,20-22H,11-13H2,1-4H3,(H,27,32)/t18-,20?,21-,22-,24-,37?/m1/s1. The van der Waals surface area contributed by atoms with Crippen LogP contribution in [0.5, 0.6) is 0 Å². The Morgan fingerprint density at radius 1 is 1.32 bits per heavy atom. The first-order chi connectivity index (χ1) is 17.2. The quantitative estimate of drug-likeness (QED) is 0.315. The van der Waals surface area contributed by atoms with Gasteiger partial charge < -0.3 is 9.47 Å². The molecule has 37 heavy (non-hydrogen) atoms. The van der Waals surface area contributed by atoms with Gasteiger partial charge in [-0.1, -0.05) is 37.6 Å². The fourth-order valence-corrected chi connectivity index (χ4v) is 6.66. The van der Waals surface area contributed by atoms with E-state index in [2.05, 4.69) is 5.09 Å². The van der Waals surface area contributed by atoms with Gasteiger partial charge in [-0.25, -0.2) is 14.0 Å². The van der Waals surface area contributed by atoms with Crippen molar-refractivity contribution in [3.05, 3.63) is 47.1 Å². The smallest absolute Gasteiger partial charge is 0.406 e. The highest BCUT2D eigenvalue weighted by atomic mass is 35.5. The number of carbonyl (C=O) groups is 3. The second kappa shape index (κ2) is 10.2. The second-order valence-electron chi connectivity index (χ2n) is 10.1. The molecule has 0 bridgehead atoms. The summed E-state index contributed by atoms with van der Waals surface area (Å²) in [5.74, 6) is -1.87. The van der Waals surface area contributed by atoms with E-state index in [4.69, 9.17) is 30.1 Å². The van der Waals surface area contributed by atoms with E-state index < -0.39 is 74.1 Å². The van der Waals surface area contributed by atoms with E-state index in [1.807, 2.05) is 13.8 Å². The van der Waals surface area contributed by atoms with Crippen LogP contribution in [0.4, 0.5) is 4.39 Å². The molecule has 1 aromatic rings. The van der Waals surface area contributed by atoms with Gasteiger partial charge >= 0.3 is 13.7 Å². The summed E-state index contributed by atoms with van der Waals surface area (Å²) in [6, 6.07) is 6.99. The van der Waals surface area contributed by atoms with E-state index in [-0.39, 0.29) is 6.54 Å². The van der Waals surface area contributed by atoms with Crippen molar-refractivity contribution < 1.29 is 41.9 Å². The van der Waals surface area contributed by atoms with Crippen molar-refractivity contribution >= 4 is 37.0 Å². The van der Waals surface area contributed by atoms with Crippen LogP contribution in [0, 0.1) is 5.41 Å². The first-order valence-corrected chi connectivity index (χ1v) is 13.6. The Kier molecular flexibility index (Phi) is 7.69. The predicted molar refractivity (Wildman–Crippen MR) is 130 cm³/mol. The van der Waals surface area contributed by atoms with E-state index >= 15 is 4.39 Å². The monoisotopic (exact) mass is 558 g/mol. The number of carbonyl (C=O) groups excluding carboxylic acids is 3. The molecule has 3 heterocycles. The van der Waals surface area contributed by atoms with Crippen LogP contribution < -0.4 is 5.09 Å². The number of ether oxygens (including phenoxy) is 2. The highest BCUT2D eigenvalue weighted by Gasteiger charge is 2.60. The lowest BCUT2D eigenvalue weighted by Gasteiger charge is -2.42.